The molecule has 150 valence electrons. The molecule has 1 atom stereocenters. The van der Waals surface area contributed by atoms with Gasteiger partial charge < -0.3 is 15.0 Å². The third-order valence-electron chi connectivity index (χ3n) is 5.44. The van der Waals surface area contributed by atoms with Crippen molar-refractivity contribution in [2.45, 2.75) is 18.9 Å². The van der Waals surface area contributed by atoms with Crippen LogP contribution in [0.4, 0.5) is 0 Å². The lowest BCUT2D eigenvalue weighted by Crippen LogP contribution is -2.39. The van der Waals surface area contributed by atoms with Crippen molar-refractivity contribution < 1.29 is 4.74 Å². The van der Waals surface area contributed by atoms with Gasteiger partial charge in [-0.05, 0) is 47.9 Å². The van der Waals surface area contributed by atoms with Gasteiger partial charge in [-0.2, -0.15) is 5.10 Å². The van der Waals surface area contributed by atoms with Gasteiger partial charge in [0, 0.05) is 45.0 Å². The summed E-state index contributed by atoms with van der Waals surface area (Å²) in [5.41, 5.74) is 3.64. The Kier molecular flexibility index (Phi) is 5.79. The number of aliphatic imine (C=N–C) groups is 1. The highest BCUT2D eigenvalue weighted by Crippen LogP contribution is 2.28. The molecule has 1 aliphatic rings. The third kappa shape index (κ3) is 4.42. The quantitative estimate of drug-likeness (QED) is 0.536. The lowest BCUT2D eigenvalue weighted by atomic mass is 9.98. The van der Waals surface area contributed by atoms with Crippen LogP contribution in [0.1, 0.15) is 23.5 Å². The fourth-order valence-corrected chi connectivity index (χ4v) is 3.80. The van der Waals surface area contributed by atoms with E-state index in [9.17, 15) is 0 Å². The molecule has 0 amide bonds. The molecular formula is C23H27N5O. The first-order chi connectivity index (χ1) is 14.3. The van der Waals surface area contributed by atoms with Gasteiger partial charge in [-0.25, -0.2) is 4.68 Å². The van der Waals surface area contributed by atoms with Crippen LogP contribution in [0.5, 0.6) is 5.75 Å². The van der Waals surface area contributed by atoms with Crippen LogP contribution >= 0.6 is 0 Å². The van der Waals surface area contributed by atoms with Gasteiger partial charge in [0.15, 0.2) is 5.96 Å². The molecule has 0 bridgehead atoms. The molecule has 1 N–H and O–H groups in total. The Morgan fingerprint density at radius 2 is 1.97 bits per heavy atom. The number of nitrogens with zero attached hydrogens (tertiary/aromatic N) is 4. The number of hydrogen-bond donors (Lipinski definition) is 1. The molecule has 1 aromatic heterocycles. The number of hydrogen-bond acceptors (Lipinski definition) is 3. The minimum Gasteiger partial charge on any atom is -0.497 e. The van der Waals surface area contributed by atoms with Crippen LogP contribution in [0.3, 0.4) is 0 Å². The lowest BCUT2D eigenvalue weighted by Gasteiger charge is -2.22. The zero-order valence-electron chi connectivity index (χ0n) is 17.0. The standard InChI is InChI=1S/C23H27N5O/c1-24-23(25-16-18-4-8-21(9-5-18)28-14-3-13-26-28)27-15-12-20(17-27)19-6-10-22(29-2)11-7-19/h3-11,13-14,20H,12,15-17H2,1-2H3,(H,24,25). The van der Waals surface area contributed by atoms with Crippen LogP contribution in [0, 0.1) is 0 Å². The maximum atomic E-state index is 5.27. The van der Waals surface area contributed by atoms with Gasteiger partial charge in [0.05, 0.1) is 12.8 Å². The first kappa shape index (κ1) is 19.1. The van der Waals surface area contributed by atoms with Crippen molar-refractivity contribution in [3.63, 3.8) is 0 Å². The molecule has 1 fully saturated rings. The largest absolute Gasteiger partial charge is 0.497 e. The van der Waals surface area contributed by atoms with Gasteiger partial charge in [-0.1, -0.05) is 24.3 Å². The summed E-state index contributed by atoms with van der Waals surface area (Å²) in [6.07, 6.45) is 4.86. The molecule has 2 heterocycles. The van der Waals surface area contributed by atoms with E-state index in [4.69, 9.17) is 4.74 Å². The summed E-state index contributed by atoms with van der Waals surface area (Å²) in [6.45, 7) is 2.73. The molecule has 0 aliphatic carbocycles. The smallest absolute Gasteiger partial charge is 0.193 e. The first-order valence-electron chi connectivity index (χ1n) is 9.95. The Balaban J connectivity index is 1.33. The third-order valence-corrected chi connectivity index (χ3v) is 5.44. The summed E-state index contributed by atoms with van der Waals surface area (Å²) < 4.78 is 7.13. The molecule has 0 saturated carbocycles. The summed E-state index contributed by atoms with van der Waals surface area (Å²) in [6, 6.07) is 18.8. The normalized spacial score (nSPS) is 16.8. The molecule has 1 aliphatic heterocycles. The molecule has 3 aromatic rings. The molecule has 2 aromatic carbocycles. The van der Waals surface area contributed by atoms with E-state index in [0.29, 0.717) is 5.92 Å². The molecule has 29 heavy (non-hydrogen) atoms. The van der Waals surface area contributed by atoms with Crippen LogP contribution in [0.25, 0.3) is 5.69 Å². The first-order valence-corrected chi connectivity index (χ1v) is 9.95. The lowest BCUT2D eigenvalue weighted by molar-refractivity contribution is 0.414. The summed E-state index contributed by atoms with van der Waals surface area (Å²) in [5, 5.41) is 7.77. The second-order valence-electron chi connectivity index (χ2n) is 7.22. The number of nitrogens with one attached hydrogen (secondary N) is 1. The molecule has 1 saturated heterocycles. The van der Waals surface area contributed by atoms with Crippen molar-refractivity contribution in [2.24, 2.45) is 4.99 Å². The maximum absolute atomic E-state index is 5.27. The van der Waals surface area contributed by atoms with E-state index in [0.717, 1.165) is 43.5 Å². The van der Waals surface area contributed by atoms with E-state index < -0.39 is 0 Å². The van der Waals surface area contributed by atoms with E-state index in [1.807, 2.05) is 36.1 Å². The number of methoxy groups -OCH3 is 1. The molecule has 0 radical (unpaired) electrons. The summed E-state index contributed by atoms with van der Waals surface area (Å²) in [7, 11) is 3.55. The molecule has 4 rings (SSSR count). The van der Waals surface area contributed by atoms with Gasteiger partial charge in [0.25, 0.3) is 0 Å². The van der Waals surface area contributed by atoms with Gasteiger partial charge in [0.2, 0.25) is 0 Å². The Labute approximate surface area is 171 Å². The van der Waals surface area contributed by atoms with Crippen molar-refractivity contribution in [1.82, 2.24) is 20.0 Å². The molecule has 6 heteroatoms. The Morgan fingerprint density at radius 3 is 2.62 bits per heavy atom. The van der Waals surface area contributed by atoms with Crippen LogP contribution in [0.15, 0.2) is 72.0 Å². The molecule has 1 unspecified atom stereocenters. The predicted octanol–water partition coefficient (Wildman–Crippen LogP) is 3.45. The fraction of sp³-hybridized carbons (Fsp3) is 0.304. The predicted molar refractivity (Wildman–Crippen MR) is 116 cm³/mol. The van der Waals surface area contributed by atoms with Crippen LogP contribution in [0.2, 0.25) is 0 Å². The van der Waals surface area contributed by atoms with E-state index in [2.05, 4.69) is 56.7 Å². The molecular weight excluding hydrogens is 362 g/mol. The minimum absolute atomic E-state index is 0.521. The van der Waals surface area contributed by atoms with Gasteiger partial charge in [-0.15, -0.1) is 0 Å². The van der Waals surface area contributed by atoms with Crippen LogP contribution in [-0.4, -0.2) is 47.9 Å². The zero-order chi connectivity index (χ0) is 20.1. The van der Waals surface area contributed by atoms with Gasteiger partial charge in [-0.3, -0.25) is 4.99 Å². The highest BCUT2D eigenvalue weighted by atomic mass is 16.5. The van der Waals surface area contributed by atoms with Gasteiger partial charge >= 0.3 is 0 Å². The van der Waals surface area contributed by atoms with Crippen molar-refractivity contribution in [2.75, 3.05) is 27.2 Å². The number of likely N-dealkylation sites (tertiary alicyclic amines) is 1. The van der Waals surface area contributed by atoms with E-state index in [-0.39, 0.29) is 0 Å². The van der Waals surface area contributed by atoms with Crippen molar-refractivity contribution >= 4 is 5.96 Å². The molecule has 0 spiro atoms. The van der Waals surface area contributed by atoms with E-state index >= 15 is 0 Å². The fourth-order valence-electron chi connectivity index (χ4n) is 3.80. The monoisotopic (exact) mass is 389 g/mol. The number of aromatic nitrogens is 2. The topological polar surface area (TPSA) is 54.7 Å². The highest BCUT2D eigenvalue weighted by molar-refractivity contribution is 5.80. The summed E-state index contributed by atoms with van der Waals surface area (Å²) in [5.74, 6) is 2.38. The Morgan fingerprint density at radius 1 is 1.17 bits per heavy atom. The van der Waals surface area contributed by atoms with E-state index in [1.165, 1.54) is 11.1 Å². The van der Waals surface area contributed by atoms with Crippen LogP contribution < -0.4 is 10.1 Å². The number of guanidine groups is 1. The second kappa shape index (κ2) is 8.82. The van der Waals surface area contributed by atoms with Crippen molar-refractivity contribution in [1.29, 1.82) is 0 Å². The number of rotatable bonds is 5. The summed E-state index contributed by atoms with van der Waals surface area (Å²) >= 11 is 0. The second-order valence-corrected chi connectivity index (χ2v) is 7.22. The van der Waals surface area contributed by atoms with Crippen molar-refractivity contribution in [3.05, 3.63) is 78.1 Å². The number of ether oxygens (including phenoxy) is 1. The van der Waals surface area contributed by atoms with E-state index in [1.54, 1.807) is 13.3 Å². The Bertz CT molecular complexity index is 932. The van der Waals surface area contributed by atoms with Crippen molar-refractivity contribution in [3.8, 4) is 11.4 Å². The van der Waals surface area contributed by atoms with Crippen LogP contribution in [-0.2, 0) is 6.54 Å². The minimum atomic E-state index is 0.521. The Hall–Kier alpha value is -3.28. The molecule has 6 nitrogen and oxygen atoms in total. The average Bonchev–Trinajstić information content (AvgIpc) is 3.48. The van der Waals surface area contributed by atoms with Gasteiger partial charge in [0.1, 0.15) is 5.75 Å². The summed E-state index contributed by atoms with van der Waals surface area (Å²) in [4.78, 5) is 6.84. The SMILES string of the molecule is CN=C(NCc1ccc(-n2cccn2)cc1)N1CCC(c2ccc(OC)cc2)C1. The maximum Gasteiger partial charge on any atom is 0.193 e. The zero-order valence-corrected chi connectivity index (χ0v) is 17.0. The highest BCUT2D eigenvalue weighted by Gasteiger charge is 2.26. The number of benzene rings is 2. The average molecular weight is 390 g/mol.